The predicted molar refractivity (Wildman–Crippen MR) is 127 cm³/mol. The summed E-state index contributed by atoms with van der Waals surface area (Å²) in [5.41, 5.74) is 0.454. The lowest BCUT2D eigenvalue weighted by molar-refractivity contribution is 0.0749. The number of sulfonamides is 1. The Hall–Kier alpha value is -1.64. The molecule has 1 aromatic carbocycles. The van der Waals surface area contributed by atoms with Crippen molar-refractivity contribution in [1.82, 2.24) is 14.1 Å². The van der Waals surface area contributed by atoms with Crippen molar-refractivity contribution in [2.75, 3.05) is 46.4 Å². The average Bonchev–Trinajstić information content (AvgIpc) is 2.98. The number of carbonyl (C=O) groups excluding carboxylic acids is 1. The van der Waals surface area contributed by atoms with Gasteiger partial charge in [0.1, 0.15) is 10.6 Å². The number of rotatable bonds is 4. The van der Waals surface area contributed by atoms with Crippen LogP contribution in [0.5, 0.6) is 5.75 Å². The molecule has 3 rings (SSSR count). The Kier molecular flexibility index (Phi) is 7.57. The Morgan fingerprint density at radius 1 is 1.03 bits per heavy atom. The number of carbonyl (C=O) groups is 1. The summed E-state index contributed by atoms with van der Waals surface area (Å²) in [5, 5.41) is 0. The van der Waals surface area contributed by atoms with E-state index >= 15 is 0 Å². The Morgan fingerprint density at radius 2 is 1.69 bits per heavy atom. The zero-order valence-electron chi connectivity index (χ0n) is 20.4. The normalized spacial score (nSPS) is 24.2. The molecule has 0 aromatic heterocycles. The number of hydrogen-bond acceptors (Lipinski definition) is 5. The first kappa shape index (κ1) is 25.0. The highest BCUT2D eigenvalue weighted by Crippen LogP contribution is 2.32. The number of hydrogen-bond donors (Lipinski definition) is 0. The topological polar surface area (TPSA) is 70.2 Å². The first-order chi connectivity index (χ1) is 14.9. The monoisotopic (exact) mass is 465 g/mol. The molecule has 2 saturated heterocycles. The summed E-state index contributed by atoms with van der Waals surface area (Å²) in [6, 6.07) is 4.79. The summed E-state index contributed by atoms with van der Waals surface area (Å²) in [6.45, 7) is 14.7. The van der Waals surface area contributed by atoms with Gasteiger partial charge in [-0.3, -0.25) is 9.69 Å². The van der Waals surface area contributed by atoms with E-state index in [1.807, 2.05) is 4.90 Å². The van der Waals surface area contributed by atoms with Crippen LogP contribution in [0.3, 0.4) is 0 Å². The quantitative estimate of drug-likeness (QED) is 0.682. The fraction of sp³-hybridized carbons (Fsp3) is 0.708. The van der Waals surface area contributed by atoms with E-state index < -0.39 is 10.0 Å². The predicted octanol–water partition coefficient (Wildman–Crippen LogP) is 3.31. The molecule has 2 atom stereocenters. The Bertz CT molecular complexity index is 916. The summed E-state index contributed by atoms with van der Waals surface area (Å²) < 4.78 is 34.0. The molecule has 0 saturated carbocycles. The van der Waals surface area contributed by atoms with E-state index in [1.165, 1.54) is 13.2 Å². The van der Waals surface area contributed by atoms with E-state index in [0.717, 1.165) is 25.9 Å². The van der Waals surface area contributed by atoms with Crippen molar-refractivity contribution < 1.29 is 17.9 Å². The number of methoxy groups -OCH3 is 1. The second-order valence-corrected chi connectivity index (χ2v) is 12.3. The van der Waals surface area contributed by atoms with Crippen molar-refractivity contribution in [2.45, 2.75) is 57.9 Å². The van der Waals surface area contributed by atoms with Gasteiger partial charge >= 0.3 is 0 Å². The Labute approximate surface area is 193 Å². The average molecular weight is 466 g/mol. The van der Waals surface area contributed by atoms with Gasteiger partial charge in [-0.2, -0.15) is 4.31 Å². The van der Waals surface area contributed by atoms with Crippen molar-refractivity contribution >= 4 is 15.9 Å². The second kappa shape index (κ2) is 9.69. The van der Waals surface area contributed by atoms with Crippen molar-refractivity contribution in [1.29, 1.82) is 0 Å². The number of amides is 1. The van der Waals surface area contributed by atoms with Gasteiger partial charge in [0.15, 0.2) is 0 Å². The molecule has 1 amide bonds. The van der Waals surface area contributed by atoms with E-state index in [1.54, 1.807) is 16.4 Å². The maximum atomic E-state index is 13.5. The van der Waals surface area contributed by atoms with Crippen LogP contribution in [-0.2, 0) is 10.0 Å². The van der Waals surface area contributed by atoms with Crippen LogP contribution in [0.25, 0.3) is 0 Å². The van der Waals surface area contributed by atoms with Crippen LogP contribution in [0, 0.1) is 11.8 Å². The van der Waals surface area contributed by atoms with Crippen LogP contribution in [0.4, 0.5) is 0 Å². The maximum Gasteiger partial charge on any atom is 0.253 e. The number of piperidine rings is 1. The molecule has 2 aliphatic heterocycles. The molecular formula is C24H39N3O4S. The van der Waals surface area contributed by atoms with E-state index in [-0.39, 0.29) is 22.1 Å². The van der Waals surface area contributed by atoms with Crippen LogP contribution >= 0.6 is 0 Å². The minimum absolute atomic E-state index is 0.0587. The van der Waals surface area contributed by atoms with Crippen molar-refractivity contribution in [3.63, 3.8) is 0 Å². The largest absolute Gasteiger partial charge is 0.495 e. The first-order valence-electron chi connectivity index (χ1n) is 11.7. The number of ether oxygens (including phenoxy) is 1. The highest BCUT2D eigenvalue weighted by molar-refractivity contribution is 7.89. The van der Waals surface area contributed by atoms with Gasteiger partial charge in [-0.25, -0.2) is 8.42 Å². The van der Waals surface area contributed by atoms with Gasteiger partial charge in [0, 0.05) is 50.4 Å². The molecule has 0 N–H and O–H groups in total. The summed E-state index contributed by atoms with van der Waals surface area (Å²) in [7, 11) is -2.30. The maximum absolute atomic E-state index is 13.5. The SMILES string of the molecule is COc1ccc(C(=O)N2CCCN(C(C)(C)C)CC2)cc1S(=O)(=O)N1CC(C)CC(C)C1. The molecule has 180 valence electrons. The first-order valence-corrected chi connectivity index (χ1v) is 13.1. The van der Waals surface area contributed by atoms with Gasteiger partial charge in [-0.05, 0) is 63.6 Å². The molecule has 2 heterocycles. The summed E-state index contributed by atoms with van der Waals surface area (Å²) in [4.78, 5) is 17.6. The van der Waals surface area contributed by atoms with Gasteiger partial charge < -0.3 is 9.64 Å². The molecule has 0 spiro atoms. The van der Waals surface area contributed by atoms with Gasteiger partial charge in [0.2, 0.25) is 10.0 Å². The van der Waals surface area contributed by atoms with Crippen LogP contribution in [0.1, 0.15) is 57.8 Å². The molecule has 32 heavy (non-hydrogen) atoms. The van der Waals surface area contributed by atoms with E-state index in [4.69, 9.17) is 4.74 Å². The third-order valence-electron chi connectivity index (χ3n) is 6.60. The van der Waals surface area contributed by atoms with E-state index in [0.29, 0.717) is 43.6 Å². The summed E-state index contributed by atoms with van der Waals surface area (Å²) >= 11 is 0. The molecule has 0 bridgehead atoms. The second-order valence-electron chi connectivity index (χ2n) is 10.4. The van der Waals surface area contributed by atoms with Crippen LogP contribution < -0.4 is 4.74 Å². The third-order valence-corrected chi connectivity index (χ3v) is 8.45. The smallest absolute Gasteiger partial charge is 0.253 e. The number of nitrogens with zero attached hydrogens (tertiary/aromatic N) is 3. The van der Waals surface area contributed by atoms with Gasteiger partial charge in [-0.1, -0.05) is 13.8 Å². The third kappa shape index (κ3) is 5.46. The zero-order chi connectivity index (χ0) is 23.7. The zero-order valence-corrected chi connectivity index (χ0v) is 21.2. The van der Waals surface area contributed by atoms with E-state index in [9.17, 15) is 13.2 Å². The van der Waals surface area contributed by atoms with Crippen LogP contribution in [0.15, 0.2) is 23.1 Å². The Morgan fingerprint density at radius 3 is 2.28 bits per heavy atom. The molecule has 2 unspecified atom stereocenters. The lowest BCUT2D eigenvalue weighted by Gasteiger charge is -2.34. The molecule has 8 heteroatoms. The Balaban J connectivity index is 1.87. The minimum Gasteiger partial charge on any atom is -0.495 e. The van der Waals surface area contributed by atoms with E-state index in [2.05, 4.69) is 39.5 Å². The summed E-state index contributed by atoms with van der Waals surface area (Å²) in [5.74, 6) is 0.752. The summed E-state index contributed by atoms with van der Waals surface area (Å²) in [6.07, 6.45) is 1.91. The van der Waals surface area contributed by atoms with Gasteiger partial charge in [0.25, 0.3) is 5.91 Å². The van der Waals surface area contributed by atoms with Gasteiger partial charge in [0.05, 0.1) is 7.11 Å². The molecule has 0 aliphatic carbocycles. The van der Waals surface area contributed by atoms with Crippen LogP contribution in [-0.4, -0.2) is 80.3 Å². The van der Waals surface area contributed by atoms with Crippen molar-refractivity contribution in [3.05, 3.63) is 23.8 Å². The molecule has 2 aliphatic rings. The molecular weight excluding hydrogens is 426 g/mol. The minimum atomic E-state index is -3.76. The van der Waals surface area contributed by atoms with Crippen LogP contribution in [0.2, 0.25) is 0 Å². The van der Waals surface area contributed by atoms with Gasteiger partial charge in [-0.15, -0.1) is 0 Å². The highest BCUT2D eigenvalue weighted by atomic mass is 32.2. The fourth-order valence-electron chi connectivity index (χ4n) is 4.93. The molecule has 7 nitrogen and oxygen atoms in total. The molecule has 2 fully saturated rings. The lowest BCUT2D eigenvalue weighted by atomic mass is 9.94. The highest BCUT2D eigenvalue weighted by Gasteiger charge is 2.34. The molecule has 0 radical (unpaired) electrons. The lowest BCUT2D eigenvalue weighted by Crippen LogP contribution is -2.44. The van der Waals surface area contributed by atoms with Crippen molar-refractivity contribution in [3.8, 4) is 5.75 Å². The number of benzene rings is 1. The fourth-order valence-corrected chi connectivity index (χ4v) is 6.79. The molecule has 1 aromatic rings. The van der Waals surface area contributed by atoms with Crippen molar-refractivity contribution in [2.24, 2.45) is 11.8 Å². The standard InChI is InChI=1S/C24H39N3O4S/c1-18-14-19(2)17-27(16-18)32(29,30)22-15-20(8-9-21(22)31-6)23(28)25-10-7-11-26(13-12-25)24(3,4)5/h8-9,15,18-19H,7,10-14,16-17H2,1-6H3.